The van der Waals surface area contributed by atoms with E-state index in [0.717, 1.165) is 12.1 Å². The molecule has 0 saturated carbocycles. The molecule has 1 aromatic heterocycles. The van der Waals surface area contributed by atoms with Crippen molar-refractivity contribution in [2.75, 3.05) is 0 Å². The van der Waals surface area contributed by atoms with Gasteiger partial charge < -0.3 is 25.5 Å². The Bertz CT molecular complexity index is 705. The minimum absolute atomic E-state index is 0.00223. The molecule has 19 heavy (non-hydrogen) atoms. The molecular weight excluding hydrogens is 254 g/mol. The van der Waals surface area contributed by atoms with Crippen LogP contribution in [0.1, 0.15) is 5.56 Å². The second kappa shape index (κ2) is 4.62. The predicted octanol–water partition coefficient (Wildman–Crippen LogP) is -0.558. The highest BCUT2D eigenvalue weighted by Gasteiger charge is 2.20. The number of hydrogen-bond donors (Lipinski definition) is 4. The highest BCUT2D eigenvalue weighted by atomic mass is 16.4. The Morgan fingerprint density at radius 3 is 2.63 bits per heavy atom. The molecule has 2 aromatic rings. The first-order valence-corrected chi connectivity index (χ1v) is 5.43. The molecule has 7 heteroatoms. The summed E-state index contributed by atoms with van der Waals surface area (Å²) in [4.78, 5) is 22.2. The van der Waals surface area contributed by atoms with Gasteiger partial charge in [-0.3, -0.25) is 0 Å². The van der Waals surface area contributed by atoms with Gasteiger partial charge in [0.2, 0.25) is 0 Å². The summed E-state index contributed by atoms with van der Waals surface area (Å²) < 4.78 is 4.86. The van der Waals surface area contributed by atoms with Crippen molar-refractivity contribution < 1.29 is 30.3 Å². The number of rotatable bonds is 3. The molecule has 1 atom stereocenters. The van der Waals surface area contributed by atoms with E-state index < -0.39 is 17.6 Å². The number of benzene rings is 1. The summed E-state index contributed by atoms with van der Waals surface area (Å²) in [5, 5.41) is 28.2. The van der Waals surface area contributed by atoms with Gasteiger partial charge >= 0.3 is 11.6 Å². The molecule has 0 fully saturated rings. The van der Waals surface area contributed by atoms with Crippen LogP contribution in [0.15, 0.2) is 27.4 Å². The van der Waals surface area contributed by atoms with E-state index in [1.54, 1.807) is 0 Å². The van der Waals surface area contributed by atoms with E-state index in [1.807, 2.05) is 0 Å². The molecule has 0 spiro atoms. The summed E-state index contributed by atoms with van der Waals surface area (Å²) >= 11 is 0. The minimum atomic E-state index is -1.11. The molecule has 0 aliphatic heterocycles. The molecule has 1 aromatic carbocycles. The second-order valence-electron chi connectivity index (χ2n) is 4.17. The van der Waals surface area contributed by atoms with Crippen molar-refractivity contribution in [2.24, 2.45) is 0 Å². The number of phenols is 2. The lowest BCUT2D eigenvalue weighted by Crippen LogP contribution is -2.66. The van der Waals surface area contributed by atoms with Crippen molar-refractivity contribution in [1.29, 1.82) is 0 Å². The quantitative estimate of drug-likeness (QED) is 0.550. The molecule has 1 heterocycles. The fourth-order valence-corrected chi connectivity index (χ4v) is 1.86. The summed E-state index contributed by atoms with van der Waals surface area (Å²) in [5.41, 5.74) is 3.07. The second-order valence-corrected chi connectivity index (χ2v) is 4.17. The van der Waals surface area contributed by atoms with Gasteiger partial charge in [0.25, 0.3) is 0 Å². The molecule has 0 unspecified atom stereocenters. The number of carboxylic acid groups (broad SMARTS) is 1. The van der Waals surface area contributed by atoms with Gasteiger partial charge in [-0.1, -0.05) is 0 Å². The maximum atomic E-state index is 11.4. The van der Waals surface area contributed by atoms with E-state index in [-0.39, 0.29) is 28.9 Å². The van der Waals surface area contributed by atoms with E-state index >= 15 is 0 Å². The van der Waals surface area contributed by atoms with E-state index in [2.05, 4.69) is 5.73 Å². The first-order valence-electron chi connectivity index (χ1n) is 5.43. The van der Waals surface area contributed by atoms with E-state index in [0.29, 0.717) is 5.56 Å². The third kappa shape index (κ3) is 2.50. The van der Waals surface area contributed by atoms with Gasteiger partial charge in [-0.25, -0.2) is 9.59 Å². The first-order chi connectivity index (χ1) is 8.88. The van der Waals surface area contributed by atoms with Crippen molar-refractivity contribution in [3.8, 4) is 11.5 Å². The fourth-order valence-electron chi connectivity index (χ4n) is 1.86. The van der Waals surface area contributed by atoms with Crippen LogP contribution in [0.5, 0.6) is 11.5 Å². The molecule has 100 valence electrons. The molecule has 0 amide bonds. The molecule has 0 aliphatic rings. The first kappa shape index (κ1) is 12.9. The van der Waals surface area contributed by atoms with Crippen LogP contribution in [0.4, 0.5) is 0 Å². The molecule has 0 saturated heterocycles. The number of phenolic OH excluding ortho intramolecular Hbond substituents is 2. The molecule has 0 aliphatic carbocycles. The number of quaternary nitrogens is 1. The van der Waals surface area contributed by atoms with Crippen molar-refractivity contribution in [3.63, 3.8) is 0 Å². The minimum Gasteiger partial charge on any atom is -0.508 e. The highest BCUT2D eigenvalue weighted by Crippen LogP contribution is 2.31. The van der Waals surface area contributed by atoms with E-state index in [1.165, 1.54) is 6.07 Å². The maximum Gasteiger partial charge on any atom is 0.362 e. The van der Waals surface area contributed by atoms with Gasteiger partial charge in [-0.15, -0.1) is 0 Å². The highest BCUT2D eigenvalue weighted by molar-refractivity contribution is 5.88. The summed E-state index contributed by atoms with van der Waals surface area (Å²) in [6.45, 7) is 0. The standard InChI is InChI=1S/C12H11NO6/c13-7(12(17)18)1-5-2-10(16)19-9-4-6(14)3-8(15)11(5)9/h2-4,7,14-15H,1,13H2,(H,17,18)/p+1/t7-/m0/s1. The van der Waals surface area contributed by atoms with Gasteiger partial charge in [0.1, 0.15) is 17.1 Å². The Balaban J connectivity index is 2.66. The smallest absolute Gasteiger partial charge is 0.362 e. The Labute approximate surface area is 106 Å². The largest absolute Gasteiger partial charge is 0.508 e. The Morgan fingerprint density at radius 1 is 1.32 bits per heavy atom. The monoisotopic (exact) mass is 266 g/mol. The molecule has 0 bridgehead atoms. The lowest BCUT2D eigenvalue weighted by Gasteiger charge is -2.08. The SMILES string of the molecule is [NH3+][C@@H](Cc1cc(=O)oc2cc(O)cc(O)c12)C(=O)O. The summed E-state index contributed by atoms with van der Waals surface area (Å²) in [7, 11) is 0. The summed E-state index contributed by atoms with van der Waals surface area (Å²) in [6, 6.07) is 2.42. The topological polar surface area (TPSA) is 136 Å². The lowest BCUT2D eigenvalue weighted by atomic mass is 10.0. The zero-order chi connectivity index (χ0) is 14.2. The van der Waals surface area contributed by atoms with Gasteiger partial charge in [-0.2, -0.15) is 0 Å². The molecule has 2 rings (SSSR count). The van der Waals surface area contributed by atoms with Crippen LogP contribution in [0.25, 0.3) is 11.0 Å². The van der Waals surface area contributed by atoms with Crippen LogP contribution in [0.3, 0.4) is 0 Å². The van der Waals surface area contributed by atoms with Gasteiger partial charge in [0, 0.05) is 24.6 Å². The Hall–Kier alpha value is -2.54. The third-order valence-electron chi connectivity index (χ3n) is 2.71. The van der Waals surface area contributed by atoms with Crippen LogP contribution in [0.2, 0.25) is 0 Å². The van der Waals surface area contributed by atoms with Crippen molar-refractivity contribution in [1.82, 2.24) is 0 Å². The zero-order valence-corrected chi connectivity index (χ0v) is 9.79. The Morgan fingerprint density at radius 2 is 2.00 bits per heavy atom. The van der Waals surface area contributed by atoms with Gasteiger partial charge in [0.15, 0.2) is 6.04 Å². The Kier molecular flexibility index (Phi) is 3.14. The number of fused-ring (bicyclic) bond motifs is 1. The maximum absolute atomic E-state index is 11.4. The van der Waals surface area contributed by atoms with Crippen molar-refractivity contribution >= 4 is 16.9 Å². The number of aromatic hydroxyl groups is 2. The van der Waals surface area contributed by atoms with Crippen molar-refractivity contribution in [3.05, 3.63) is 34.2 Å². The van der Waals surface area contributed by atoms with Crippen LogP contribution in [0, 0.1) is 0 Å². The molecular formula is C12H12NO6+. The normalized spacial score (nSPS) is 12.5. The predicted molar refractivity (Wildman–Crippen MR) is 63.8 cm³/mol. The van der Waals surface area contributed by atoms with Crippen LogP contribution in [-0.4, -0.2) is 27.3 Å². The zero-order valence-electron chi connectivity index (χ0n) is 9.79. The van der Waals surface area contributed by atoms with Crippen LogP contribution >= 0.6 is 0 Å². The molecule has 6 N–H and O–H groups in total. The molecule has 7 nitrogen and oxygen atoms in total. The molecule has 0 radical (unpaired) electrons. The van der Waals surface area contributed by atoms with Gasteiger partial charge in [-0.05, 0) is 5.56 Å². The van der Waals surface area contributed by atoms with E-state index in [9.17, 15) is 19.8 Å². The lowest BCUT2D eigenvalue weighted by molar-refractivity contribution is -0.407. The van der Waals surface area contributed by atoms with Gasteiger partial charge in [0.05, 0.1) is 5.39 Å². The van der Waals surface area contributed by atoms with Crippen LogP contribution < -0.4 is 11.4 Å². The number of carboxylic acids is 1. The van der Waals surface area contributed by atoms with Crippen LogP contribution in [-0.2, 0) is 11.2 Å². The average molecular weight is 266 g/mol. The number of aliphatic carboxylic acids is 1. The van der Waals surface area contributed by atoms with Crippen molar-refractivity contribution in [2.45, 2.75) is 12.5 Å². The van der Waals surface area contributed by atoms with E-state index in [4.69, 9.17) is 9.52 Å². The third-order valence-corrected chi connectivity index (χ3v) is 2.71. The average Bonchev–Trinajstić information content (AvgIpc) is 2.26. The number of hydrogen-bond acceptors (Lipinski definition) is 5. The fraction of sp³-hybridized carbons (Fsp3) is 0.167. The summed E-state index contributed by atoms with van der Waals surface area (Å²) in [5.74, 6) is -1.65. The number of carbonyl (C=O) groups is 1. The summed E-state index contributed by atoms with van der Waals surface area (Å²) in [6.07, 6.45) is -0.0320.